The summed E-state index contributed by atoms with van der Waals surface area (Å²) in [6, 6.07) is 3.03. The molecule has 3 aliphatic heterocycles. The predicted octanol–water partition coefficient (Wildman–Crippen LogP) is 2.38. The van der Waals surface area contributed by atoms with Crippen LogP contribution < -0.4 is 4.90 Å². The number of carbonyl (C=O) groups is 1. The van der Waals surface area contributed by atoms with E-state index in [1.807, 2.05) is 9.80 Å². The summed E-state index contributed by atoms with van der Waals surface area (Å²) in [6.07, 6.45) is 6.91. The summed E-state index contributed by atoms with van der Waals surface area (Å²) in [5.74, 6) is 0.243. The van der Waals surface area contributed by atoms with Crippen molar-refractivity contribution >= 4 is 11.7 Å². The fourth-order valence-corrected chi connectivity index (χ4v) is 4.38. The van der Waals surface area contributed by atoms with E-state index >= 15 is 0 Å². The largest absolute Gasteiger partial charge is 0.376 e. The number of piperidine rings is 1. The molecule has 0 N–H and O–H groups in total. The lowest BCUT2D eigenvalue weighted by molar-refractivity contribution is -0.136. The Kier molecular flexibility index (Phi) is 5.59. The Labute approximate surface area is 159 Å². The number of amides is 1. The average Bonchev–Trinajstić information content (AvgIpc) is 2.83. The smallest absolute Gasteiger partial charge is 0.225 e. The van der Waals surface area contributed by atoms with Gasteiger partial charge in [-0.1, -0.05) is 0 Å². The minimum Gasteiger partial charge on any atom is -0.376 e. The van der Waals surface area contributed by atoms with Crippen LogP contribution >= 0.6 is 0 Å². The zero-order valence-electron chi connectivity index (χ0n) is 15.7. The topological polar surface area (TPSA) is 54.9 Å². The molecule has 1 aromatic rings. The first kappa shape index (κ1) is 18.6. The normalized spacial score (nSPS) is 26.3. The van der Waals surface area contributed by atoms with Crippen LogP contribution in [-0.2, 0) is 14.3 Å². The molecule has 1 spiro atoms. The van der Waals surface area contributed by atoms with E-state index in [1.54, 1.807) is 12.3 Å². The third-order valence-corrected chi connectivity index (χ3v) is 6.01. The number of aromatic nitrogens is 1. The van der Waals surface area contributed by atoms with Crippen LogP contribution in [-0.4, -0.2) is 66.9 Å². The highest BCUT2D eigenvalue weighted by Gasteiger charge is 2.41. The highest BCUT2D eigenvalue weighted by molar-refractivity contribution is 5.77. The predicted molar refractivity (Wildman–Crippen MR) is 99.1 cm³/mol. The van der Waals surface area contributed by atoms with Crippen LogP contribution in [0.1, 0.15) is 38.5 Å². The van der Waals surface area contributed by atoms with E-state index in [0.717, 1.165) is 19.4 Å². The summed E-state index contributed by atoms with van der Waals surface area (Å²) < 4.78 is 26.0. The number of anilines is 1. The number of pyridine rings is 1. The lowest BCUT2D eigenvalue weighted by atomic mass is 9.87. The van der Waals surface area contributed by atoms with Crippen LogP contribution in [0.2, 0.25) is 0 Å². The maximum absolute atomic E-state index is 14.0. The molecule has 1 unspecified atom stereocenters. The van der Waals surface area contributed by atoms with Gasteiger partial charge >= 0.3 is 0 Å². The molecular weight excluding hydrogens is 349 g/mol. The van der Waals surface area contributed by atoms with Gasteiger partial charge in [0, 0.05) is 39.0 Å². The first-order valence-corrected chi connectivity index (χ1v) is 10.0. The number of hydrogen-bond donors (Lipinski definition) is 0. The van der Waals surface area contributed by atoms with E-state index in [2.05, 4.69) is 4.98 Å². The van der Waals surface area contributed by atoms with E-state index in [1.165, 1.54) is 12.5 Å². The van der Waals surface area contributed by atoms with Crippen molar-refractivity contribution in [1.82, 2.24) is 9.88 Å². The number of halogens is 1. The molecule has 1 amide bonds. The Morgan fingerprint density at radius 1 is 1.22 bits per heavy atom. The third-order valence-electron chi connectivity index (χ3n) is 6.01. The molecule has 1 aromatic heterocycles. The highest BCUT2D eigenvalue weighted by atomic mass is 19.1. The number of rotatable bonds is 3. The maximum Gasteiger partial charge on any atom is 0.225 e. The van der Waals surface area contributed by atoms with Crippen molar-refractivity contribution in [3.05, 3.63) is 24.1 Å². The Morgan fingerprint density at radius 3 is 2.81 bits per heavy atom. The molecule has 148 valence electrons. The SMILES string of the molecule is O=C1CC2(CCN(c3ncccc3F)CC2)OCCN1CC1CCCCO1. The summed E-state index contributed by atoms with van der Waals surface area (Å²) in [5.41, 5.74) is -0.430. The molecular formula is C20H28FN3O3. The van der Waals surface area contributed by atoms with Crippen LogP contribution in [0, 0.1) is 5.82 Å². The average molecular weight is 377 g/mol. The molecule has 0 bridgehead atoms. The lowest BCUT2D eigenvalue weighted by Gasteiger charge is -2.41. The molecule has 0 saturated carbocycles. The van der Waals surface area contributed by atoms with Crippen LogP contribution in [0.15, 0.2) is 18.3 Å². The summed E-state index contributed by atoms with van der Waals surface area (Å²) in [7, 11) is 0. The Bertz CT molecular complexity index is 658. The Morgan fingerprint density at radius 2 is 2.07 bits per heavy atom. The molecule has 0 radical (unpaired) electrons. The van der Waals surface area contributed by atoms with Crippen molar-refractivity contribution in [3.63, 3.8) is 0 Å². The molecule has 0 aromatic carbocycles. The van der Waals surface area contributed by atoms with Gasteiger partial charge in [0.1, 0.15) is 0 Å². The molecule has 3 fully saturated rings. The first-order chi connectivity index (χ1) is 13.2. The van der Waals surface area contributed by atoms with E-state index in [0.29, 0.717) is 57.9 Å². The second kappa shape index (κ2) is 8.10. The molecule has 3 aliphatic rings. The van der Waals surface area contributed by atoms with Crippen molar-refractivity contribution in [2.24, 2.45) is 0 Å². The number of nitrogens with zero attached hydrogens (tertiary/aromatic N) is 3. The molecule has 4 heterocycles. The first-order valence-electron chi connectivity index (χ1n) is 10.0. The van der Waals surface area contributed by atoms with E-state index < -0.39 is 5.60 Å². The van der Waals surface area contributed by atoms with Crippen LogP contribution in [0.4, 0.5) is 10.2 Å². The van der Waals surface area contributed by atoms with Gasteiger partial charge in [-0.3, -0.25) is 4.79 Å². The lowest BCUT2D eigenvalue weighted by Crippen LogP contribution is -2.48. The highest BCUT2D eigenvalue weighted by Crippen LogP contribution is 2.34. The maximum atomic E-state index is 14.0. The molecule has 0 aliphatic carbocycles. The summed E-state index contributed by atoms with van der Waals surface area (Å²) in [4.78, 5) is 20.9. The van der Waals surface area contributed by atoms with Gasteiger partial charge < -0.3 is 19.3 Å². The van der Waals surface area contributed by atoms with Crippen LogP contribution in [0.25, 0.3) is 0 Å². The fourth-order valence-electron chi connectivity index (χ4n) is 4.38. The molecule has 3 saturated heterocycles. The van der Waals surface area contributed by atoms with Gasteiger partial charge in [-0.2, -0.15) is 0 Å². The minimum absolute atomic E-state index is 0.152. The third kappa shape index (κ3) is 4.24. The second-order valence-corrected chi connectivity index (χ2v) is 7.83. The minimum atomic E-state index is -0.430. The van der Waals surface area contributed by atoms with E-state index in [-0.39, 0.29) is 17.8 Å². The van der Waals surface area contributed by atoms with Gasteiger partial charge in [0.05, 0.1) is 24.7 Å². The van der Waals surface area contributed by atoms with Crippen molar-refractivity contribution < 1.29 is 18.7 Å². The molecule has 4 rings (SSSR count). The van der Waals surface area contributed by atoms with Gasteiger partial charge in [-0.15, -0.1) is 0 Å². The number of carbonyl (C=O) groups excluding carboxylic acids is 1. The molecule has 6 nitrogen and oxygen atoms in total. The van der Waals surface area contributed by atoms with Gasteiger partial charge in [0.25, 0.3) is 0 Å². The summed E-state index contributed by atoms with van der Waals surface area (Å²) >= 11 is 0. The second-order valence-electron chi connectivity index (χ2n) is 7.83. The van der Waals surface area contributed by atoms with Crippen LogP contribution in [0.5, 0.6) is 0 Å². The molecule has 27 heavy (non-hydrogen) atoms. The van der Waals surface area contributed by atoms with Crippen molar-refractivity contribution in [3.8, 4) is 0 Å². The van der Waals surface area contributed by atoms with Crippen molar-refractivity contribution in [1.29, 1.82) is 0 Å². The van der Waals surface area contributed by atoms with E-state index in [9.17, 15) is 9.18 Å². The van der Waals surface area contributed by atoms with Gasteiger partial charge in [0.15, 0.2) is 11.6 Å². The summed E-state index contributed by atoms with van der Waals surface area (Å²) in [6.45, 7) is 3.94. The standard InChI is InChI=1S/C20H28FN3O3/c21-17-5-3-8-22-19(17)23-9-6-20(7-10-23)14-18(25)24(11-13-27-20)15-16-4-1-2-12-26-16/h3,5,8,16H,1-2,4,6-7,9-15H2. The number of ether oxygens (including phenoxy) is 2. The van der Waals surface area contributed by atoms with Gasteiger partial charge in [-0.25, -0.2) is 9.37 Å². The number of hydrogen-bond acceptors (Lipinski definition) is 5. The van der Waals surface area contributed by atoms with Crippen molar-refractivity contribution in [2.45, 2.75) is 50.2 Å². The fraction of sp³-hybridized carbons (Fsp3) is 0.700. The van der Waals surface area contributed by atoms with Gasteiger partial charge in [0.2, 0.25) is 5.91 Å². The van der Waals surface area contributed by atoms with Crippen molar-refractivity contribution in [2.75, 3.05) is 44.3 Å². The van der Waals surface area contributed by atoms with Crippen LogP contribution in [0.3, 0.4) is 0 Å². The quantitative estimate of drug-likeness (QED) is 0.810. The summed E-state index contributed by atoms with van der Waals surface area (Å²) in [5, 5.41) is 0. The zero-order valence-corrected chi connectivity index (χ0v) is 15.7. The van der Waals surface area contributed by atoms with Gasteiger partial charge in [-0.05, 0) is 44.2 Å². The van der Waals surface area contributed by atoms with E-state index in [4.69, 9.17) is 9.47 Å². The Hall–Kier alpha value is -1.73. The molecule has 1 atom stereocenters. The monoisotopic (exact) mass is 377 g/mol. The zero-order chi connectivity index (χ0) is 18.7. The Balaban J connectivity index is 1.36. The molecule has 7 heteroatoms.